The van der Waals surface area contributed by atoms with Crippen molar-refractivity contribution in [3.63, 3.8) is 0 Å². The highest BCUT2D eigenvalue weighted by molar-refractivity contribution is 7.19. The molecule has 0 saturated carbocycles. The van der Waals surface area contributed by atoms with E-state index in [1.165, 1.54) is 0 Å². The molecule has 0 aromatic heterocycles. The number of benzene rings is 2. The van der Waals surface area contributed by atoms with Gasteiger partial charge in [-0.25, -0.2) is 4.79 Å². The average molecular weight is 310 g/mol. The molecule has 0 fully saturated rings. The van der Waals surface area contributed by atoms with Gasteiger partial charge in [-0.2, -0.15) is 4.79 Å². The fraction of sp³-hybridized carbons (Fsp3) is 0.176. The zero-order valence-electron chi connectivity index (χ0n) is 12.7. The molecule has 0 aliphatic rings. The van der Waals surface area contributed by atoms with Gasteiger partial charge in [-0.3, -0.25) is 0 Å². The fourth-order valence-electron chi connectivity index (χ4n) is 2.20. The minimum atomic E-state index is -2.38. The molecule has 0 bridgehead atoms. The predicted octanol–water partition coefficient (Wildman–Crippen LogP) is 2.56. The molecule has 0 saturated heterocycles. The van der Waals surface area contributed by atoms with Crippen molar-refractivity contribution in [1.82, 2.24) is 0 Å². The fourth-order valence-corrected chi connectivity index (χ4v) is 4.34. The number of carbonyl (C=O) groups is 1. The Balaban J connectivity index is 2.14. The Morgan fingerprint density at radius 2 is 1.59 bits per heavy atom. The van der Waals surface area contributed by atoms with Gasteiger partial charge in [0, 0.05) is 0 Å². The lowest BCUT2D eigenvalue weighted by Crippen LogP contribution is -2.54. The maximum atomic E-state index is 12.3. The van der Waals surface area contributed by atoms with Gasteiger partial charge in [-0.05, 0) is 10.8 Å². The SMILES string of the molecule is C[Si](C)(C(=[N+]=[N-])C(=O)OCc1ccccc1)c1ccccc1. The van der Waals surface area contributed by atoms with Crippen LogP contribution in [0.25, 0.3) is 5.53 Å². The van der Waals surface area contributed by atoms with Crippen LogP contribution in [0.5, 0.6) is 0 Å². The average Bonchev–Trinajstić information content (AvgIpc) is 2.55. The van der Waals surface area contributed by atoms with Crippen LogP contribution < -0.4 is 5.19 Å². The number of hydrogen-bond donors (Lipinski definition) is 0. The second kappa shape index (κ2) is 6.98. The molecule has 0 heterocycles. The van der Waals surface area contributed by atoms with Crippen molar-refractivity contribution in [2.45, 2.75) is 19.7 Å². The van der Waals surface area contributed by atoms with Crippen LogP contribution >= 0.6 is 0 Å². The Kier molecular flexibility index (Phi) is 5.04. The third-order valence-corrected chi connectivity index (χ3v) is 6.86. The van der Waals surface area contributed by atoms with Crippen molar-refractivity contribution in [3.05, 3.63) is 71.8 Å². The molecule has 2 aromatic rings. The second-order valence-electron chi connectivity index (χ2n) is 5.50. The molecule has 22 heavy (non-hydrogen) atoms. The molecule has 0 radical (unpaired) electrons. The molecule has 0 unspecified atom stereocenters. The minimum Gasteiger partial charge on any atom is -0.453 e. The third-order valence-electron chi connectivity index (χ3n) is 3.59. The zero-order chi connectivity index (χ0) is 16.0. The van der Waals surface area contributed by atoms with Gasteiger partial charge in [0.25, 0.3) is 0 Å². The summed E-state index contributed by atoms with van der Waals surface area (Å²) < 4.78 is 5.29. The van der Waals surface area contributed by atoms with E-state index in [9.17, 15) is 10.3 Å². The van der Waals surface area contributed by atoms with Crippen LogP contribution in [0.1, 0.15) is 5.56 Å². The van der Waals surface area contributed by atoms with Crippen molar-refractivity contribution in [1.29, 1.82) is 0 Å². The molecule has 2 rings (SSSR count). The van der Waals surface area contributed by atoms with Crippen LogP contribution in [-0.2, 0) is 16.1 Å². The lowest BCUT2D eigenvalue weighted by atomic mass is 10.2. The smallest absolute Gasteiger partial charge is 0.410 e. The highest BCUT2D eigenvalue weighted by Crippen LogP contribution is 2.08. The molecule has 2 aromatic carbocycles. The maximum Gasteiger partial charge on any atom is 0.410 e. The molecule has 0 aliphatic carbocycles. The van der Waals surface area contributed by atoms with E-state index >= 15 is 0 Å². The van der Waals surface area contributed by atoms with Gasteiger partial charge in [-0.1, -0.05) is 73.8 Å². The lowest BCUT2D eigenvalue weighted by Gasteiger charge is -2.16. The van der Waals surface area contributed by atoms with E-state index < -0.39 is 14.0 Å². The first-order valence-corrected chi connectivity index (χ1v) is 10.0. The first-order valence-electron chi connectivity index (χ1n) is 7.05. The summed E-state index contributed by atoms with van der Waals surface area (Å²) in [6.45, 7) is 4.08. The molecular formula is C17H18N2O2Si. The van der Waals surface area contributed by atoms with Crippen molar-refractivity contribution in [2.75, 3.05) is 0 Å². The van der Waals surface area contributed by atoms with Crippen molar-refractivity contribution in [3.8, 4) is 0 Å². The second-order valence-corrected chi connectivity index (χ2v) is 9.80. The van der Waals surface area contributed by atoms with Crippen molar-refractivity contribution >= 4 is 24.6 Å². The number of rotatable bonds is 5. The van der Waals surface area contributed by atoms with E-state index in [2.05, 4.69) is 4.79 Å². The molecule has 112 valence electrons. The van der Waals surface area contributed by atoms with E-state index in [1.54, 1.807) is 0 Å². The Labute approximate surface area is 131 Å². The highest BCUT2D eigenvalue weighted by Gasteiger charge is 2.44. The summed E-state index contributed by atoms with van der Waals surface area (Å²) in [7, 11) is -2.38. The van der Waals surface area contributed by atoms with Gasteiger partial charge < -0.3 is 10.3 Å². The van der Waals surface area contributed by atoms with Crippen LogP contribution in [-0.4, -0.2) is 24.2 Å². The topological polar surface area (TPSA) is 62.7 Å². The number of carbonyl (C=O) groups excluding carboxylic acids is 1. The van der Waals surface area contributed by atoms with Crippen LogP contribution in [0.4, 0.5) is 0 Å². The molecule has 0 spiro atoms. The maximum absolute atomic E-state index is 12.3. The summed E-state index contributed by atoms with van der Waals surface area (Å²) in [4.78, 5) is 15.5. The zero-order valence-corrected chi connectivity index (χ0v) is 13.7. The van der Waals surface area contributed by atoms with E-state index in [0.717, 1.165) is 10.8 Å². The molecule has 0 aliphatic heterocycles. The highest BCUT2D eigenvalue weighted by atomic mass is 28.3. The standard InChI is InChI=1S/C17H18N2O2Si/c1-22(2,15-11-7-4-8-12-15)16(19-18)17(20)21-13-14-9-5-3-6-10-14/h3-12H,13H2,1-2H3. The van der Waals surface area contributed by atoms with E-state index in [4.69, 9.17) is 4.74 Å². The first-order chi connectivity index (χ1) is 10.6. The van der Waals surface area contributed by atoms with E-state index in [0.29, 0.717) is 0 Å². The van der Waals surface area contributed by atoms with Crippen LogP contribution in [0.2, 0.25) is 13.1 Å². The molecule has 0 N–H and O–H groups in total. The molecular weight excluding hydrogens is 292 g/mol. The van der Waals surface area contributed by atoms with Gasteiger partial charge in [0.15, 0.2) is 0 Å². The van der Waals surface area contributed by atoms with Gasteiger partial charge in [-0.15, -0.1) is 0 Å². The Morgan fingerprint density at radius 1 is 1.05 bits per heavy atom. The van der Waals surface area contributed by atoms with E-state index in [1.807, 2.05) is 73.8 Å². The molecule has 0 atom stereocenters. The summed E-state index contributed by atoms with van der Waals surface area (Å²) in [6, 6.07) is 19.0. The first kappa shape index (κ1) is 15.9. The van der Waals surface area contributed by atoms with Crippen molar-refractivity contribution < 1.29 is 14.3 Å². The number of nitrogens with zero attached hydrogens (tertiary/aromatic N) is 2. The summed E-state index contributed by atoms with van der Waals surface area (Å²) in [5.41, 5.74) is 10.2. The van der Waals surface area contributed by atoms with E-state index in [-0.39, 0.29) is 11.9 Å². The van der Waals surface area contributed by atoms with Crippen LogP contribution in [0.15, 0.2) is 60.7 Å². The largest absolute Gasteiger partial charge is 0.453 e. The molecule has 0 amide bonds. The van der Waals surface area contributed by atoms with Crippen LogP contribution in [0, 0.1) is 0 Å². The number of esters is 1. The van der Waals surface area contributed by atoms with Gasteiger partial charge in [0.2, 0.25) is 8.07 Å². The quantitative estimate of drug-likeness (QED) is 0.280. The normalized spacial score (nSPS) is 10.6. The summed E-state index contributed by atoms with van der Waals surface area (Å²) in [5, 5.41) is 1.13. The lowest BCUT2D eigenvalue weighted by molar-refractivity contribution is -0.140. The number of hydrogen-bond acceptors (Lipinski definition) is 2. The molecule has 5 heteroatoms. The Hall–Kier alpha value is -2.49. The third kappa shape index (κ3) is 3.58. The predicted molar refractivity (Wildman–Crippen MR) is 88.4 cm³/mol. The molecule has 4 nitrogen and oxygen atoms in total. The minimum absolute atomic E-state index is 0.120. The summed E-state index contributed by atoms with van der Waals surface area (Å²) in [5.74, 6) is -0.563. The summed E-state index contributed by atoms with van der Waals surface area (Å²) in [6.07, 6.45) is 0. The van der Waals surface area contributed by atoms with Gasteiger partial charge in [0.1, 0.15) is 6.61 Å². The van der Waals surface area contributed by atoms with Crippen molar-refractivity contribution in [2.24, 2.45) is 0 Å². The monoisotopic (exact) mass is 310 g/mol. The van der Waals surface area contributed by atoms with Gasteiger partial charge in [0.05, 0.1) is 0 Å². The summed E-state index contributed by atoms with van der Waals surface area (Å²) >= 11 is 0. The Bertz CT molecular complexity index is 693. The Morgan fingerprint density at radius 3 is 2.14 bits per heavy atom. The van der Waals surface area contributed by atoms with Crippen LogP contribution in [0.3, 0.4) is 0 Å². The number of ether oxygens (including phenoxy) is 1. The van der Waals surface area contributed by atoms with Gasteiger partial charge >= 0.3 is 11.3 Å².